The van der Waals surface area contributed by atoms with E-state index in [-0.39, 0.29) is 6.54 Å². The molecule has 1 saturated heterocycles. The average Bonchev–Trinajstić information content (AvgIpc) is 2.18. The summed E-state index contributed by atoms with van der Waals surface area (Å²) in [6.07, 6.45) is 3.96. The Morgan fingerprint density at radius 2 is 2.47 bits per heavy atom. The first-order chi connectivity index (χ1) is 7.22. The third-order valence-electron chi connectivity index (χ3n) is 2.52. The van der Waals surface area contributed by atoms with Crippen LogP contribution in [0.3, 0.4) is 0 Å². The van der Waals surface area contributed by atoms with E-state index in [1.54, 1.807) is 6.08 Å². The van der Waals surface area contributed by atoms with Gasteiger partial charge in [0.15, 0.2) is 0 Å². The molecule has 1 atom stereocenters. The standard InChI is InChI=1S/C11H19NO3/c1-2-5-12(8-11(13)14)7-10-4-3-6-15-9-10/h2,10H,1,3-9H2,(H,13,14). The molecule has 0 aromatic rings. The fourth-order valence-corrected chi connectivity index (χ4v) is 1.89. The highest BCUT2D eigenvalue weighted by molar-refractivity contribution is 5.69. The van der Waals surface area contributed by atoms with Gasteiger partial charge in [0.05, 0.1) is 13.2 Å². The van der Waals surface area contributed by atoms with Crippen molar-refractivity contribution in [1.82, 2.24) is 4.90 Å². The quantitative estimate of drug-likeness (QED) is 0.668. The van der Waals surface area contributed by atoms with Gasteiger partial charge >= 0.3 is 5.97 Å². The topological polar surface area (TPSA) is 49.8 Å². The molecule has 1 N–H and O–H groups in total. The van der Waals surface area contributed by atoms with E-state index in [1.165, 1.54) is 0 Å². The monoisotopic (exact) mass is 213 g/mol. The van der Waals surface area contributed by atoms with E-state index in [1.807, 2.05) is 4.90 Å². The van der Waals surface area contributed by atoms with Gasteiger partial charge < -0.3 is 9.84 Å². The van der Waals surface area contributed by atoms with Gasteiger partial charge in [0.2, 0.25) is 0 Å². The second-order valence-corrected chi connectivity index (χ2v) is 3.96. The molecule has 15 heavy (non-hydrogen) atoms. The van der Waals surface area contributed by atoms with Crippen molar-refractivity contribution in [2.24, 2.45) is 5.92 Å². The zero-order valence-corrected chi connectivity index (χ0v) is 9.02. The number of carbonyl (C=O) groups is 1. The van der Waals surface area contributed by atoms with Crippen LogP contribution in [0.1, 0.15) is 12.8 Å². The van der Waals surface area contributed by atoms with Gasteiger partial charge in [-0.25, -0.2) is 0 Å². The summed E-state index contributed by atoms with van der Waals surface area (Å²) in [7, 11) is 0. The summed E-state index contributed by atoms with van der Waals surface area (Å²) < 4.78 is 5.37. The molecule has 1 fully saturated rings. The van der Waals surface area contributed by atoms with Crippen LogP contribution in [-0.4, -0.2) is 48.8 Å². The lowest BCUT2D eigenvalue weighted by atomic mass is 10.0. The summed E-state index contributed by atoms with van der Waals surface area (Å²) >= 11 is 0. The molecule has 1 unspecified atom stereocenters. The number of hydrogen-bond donors (Lipinski definition) is 1. The lowest BCUT2D eigenvalue weighted by Crippen LogP contribution is -2.37. The minimum absolute atomic E-state index is 0.0858. The van der Waals surface area contributed by atoms with Crippen molar-refractivity contribution in [1.29, 1.82) is 0 Å². The molecule has 0 saturated carbocycles. The van der Waals surface area contributed by atoms with Crippen molar-refractivity contribution in [3.8, 4) is 0 Å². The summed E-state index contributed by atoms with van der Waals surface area (Å²) in [5.74, 6) is -0.313. The molecule has 0 aromatic heterocycles. The number of carboxylic acid groups (broad SMARTS) is 1. The molecule has 0 spiro atoms. The van der Waals surface area contributed by atoms with Gasteiger partial charge in [-0.2, -0.15) is 0 Å². The smallest absolute Gasteiger partial charge is 0.317 e. The van der Waals surface area contributed by atoms with Crippen molar-refractivity contribution in [2.75, 3.05) is 32.8 Å². The summed E-state index contributed by atoms with van der Waals surface area (Å²) in [6, 6.07) is 0. The number of carboxylic acids is 1. The molecule has 1 aliphatic heterocycles. The van der Waals surface area contributed by atoms with E-state index in [0.717, 1.165) is 32.6 Å². The van der Waals surface area contributed by atoms with Gasteiger partial charge in [0.1, 0.15) is 0 Å². The minimum Gasteiger partial charge on any atom is -0.480 e. The number of hydrogen-bond acceptors (Lipinski definition) is 3. The van der Waals surface area contributed by atoms with Crippen molar-refractivity contribution in [3.63, 3.8) is 0 Å². The molecule has 0 radical (unpaired) electrons. The SMILES string of the molecule is C=CCN(CC(=O)O)CC1CCCOC1. The molecule has 0 aliphatic carbocycles. The summed E-state index contributed by atoms with van der Waals surface area (Å²) in [5.41, 5.74) is 0. The van der Waals surface area contributed by atoms with Gasteiger partial charge in [0, 0.05) is 19.7 Å². The highest BCUT2D eigenvalue weighted by Gasteiger charge is 2.18. The second kappa shape index (κ2) is 6.58. The van der Waals surface area contributed by atoms with Crippen LogP contribution in [0.15, 0.2) is 12.7 Å². The van der Waals surface area contributed by atoms with E-state index in [4.69, 9.17) is 9.84 Å². The molecule has 1 rings (SSSR count). The van der Waals surface area contributed by atoms with Crippen LogP contribution in [0, 0.1) is 5.92 Å². The van der Waals surface area contributed by atoms with Crippen LogP contribution in [0.25, 0.3) is 0 Å². The van der Waals surface area contributed by atoms with E-state index in [2.05, 4.69) is 6.58 Å². The Morgan fingerprint density at radius 1 is 1.67 bits per heavy atom. The highest BCUT2D eigenvalue weighted by Crippen LogP contribution is 2.14. The molecular weight excluding hydrogens is 194 g/mol. The number of aliphatic carboxylic acids is 1. The number of nitrogens with zero attached hydrogens (tertiary/aromatic N) is 1. The van der Waals surface area contributed by atoms with Crippen molar-refractivity contribution >= 4 is 5.97 Å². The maximum absolute atomic E-state index is 10.6. The summed E-state index contributed by atoms with van der Waals surface area (Å²) in [5, 5.41) is 8.73. The Bertz CT molecular complexity index is 212. The van der Waals surface area contributed by atoms with Crippen LogP contribution in [0.5, 0.6) is 0 Å². The lowest BCUT2D eigenvalue weighted by Gasteiger charge is -2.27. The Kier molecular flexibility index (Phi) is 5.36. The maximum Gasteiger partial charge on any atom is 0.317 e. The third kappa shape index (κ3) is 4.95. The highest BCUT2D eigenvalue weighted by atomic mass is 16.5. The van der Waals surface area contributed by atoms with Gasteiger partial charge in [-0.05, 0) is 18.8 Å². The van der Waals surface area contributed by atoms with Crippen molar-refractivity contribution in [3.05, 3.63) is 12.7 Å². The van der Waals surface area contributed by atoms with Gasteiger partial charge in [-0.1, -0.05) is 6.08 Å². The van der Waals surface area contributed by atoms with Crippen LogP contribution in [0.4, 0.5) is 0 Å². The van der Waals surface area contributed by atoms with Gasteiger partial charge in [-0.15, -0.1) is 6.58 Å². The predicted octanol–water partition coefficient (Wildman–Crippen LogP) is 0.986. The largest absolute Gasteiger partial charge is 0.480 e. The lowest BCUT2D eigenvalue weighted by molar-refractivity contribution is -0.138. The van der Waals surface area contributed by atoms with Crippen molar-refractivity contribution < 1.29 is 14.6 Å². The average molecular weight is 213 g/mol. The molecule has 1 aliphatic rings. The van der Waals surface area contributed by atoms with Crippen LogP contribution in [-0.2, 0) is 9.53 Å². The van der Waals surface area contributed by atoms with Gasteiger partial charge in [0.25, 0.3) is 0 Å². The molecule has 0 bridgehead atoms. The van der Waals surface area contributed by atoms with Crippen LogP contribution >= 0.6 is 0 Å². The van der Waals surface area contributed by atoms with Crippen LogP contribution in [0.2, 0.25) is 0 Å². The Balaban J connectivity index is 2.34. The normalized spacial score (nSPS) is 21.5. The molecule has 0 aromatic carbocycles. The van der Waals surface area contributed by atoms with E-state index in [0.29, 0.717) is 12.5 Å². The van der Waals surface area contributed by atoms with E-state index < -0.39 is 5.97 Å². The maximum atomic E-state index is 10.6. The van der Waals surface area contributed by atoms with E-state index in [9.17, 15) is 4.79 Å². The fraction of sp³-hybridized carbons (Fsp3) is 0.727. The first-order valence-corrected chi connectivity index (χ1v) is 5.35. The van der Waals surface area contributed by atoms with Crippen LogP contribution < -0.4 is 0 Å². The first-order valence-electron chi connectivity index (χ1n) is 5.35. The first kappa shape index (κ1) is 12.2. The Hall–Kier alpha value is -0.870. The van der Waals surface area contributed by atoms with E-state index >= 15 is 0 Å². The molecule has 86 valence electrons. The zero-order chi connectivity index (χ0) is 11.1. The third-order valence-corrected chi connectivity index (χ3v) is 2.52. The fourth-order valence-electron chi connectivity index (χ4n) is 1.89. The molecule has 4 nitrogen and oxygen atoms in total. The molecular formula is C11H19NO3. The molecule has 4 heteroatoms. The summed E-state index contributed by atoms with van der Waals surface area (Å²) in [4.78, 5) is 12.5. The molecule has 0 amide bonds. The van der Waals surface area contributed by atoms with Gasteiger partial charge in [-0.3, -0.25) is 9.69 Å². The zero-order valence-electron chi connectivity index (χ0n) is 9.02. The Labute approximate surface area is 90.5 Å². The number of rotatable bonds is 6. The minimum atomic E-state index is -0.784. The molecule has 1 heterocycles. The summed E-state index contributed by atoms with van der Waals surface area (Å²) in [6.45, 7) is 6.74. The van der Waals surface area contributed by atoms with Crippen molar-refractivity contribution in [2.45, 2.75) is 12.8 Å². The Morgan fingerprint density at radius 3 is 3.00 bits per heavy atom. The number of ether oxygens (including phenoxy) is 1. The second-order valence-electron chi connectivity index (χ2n) is 3.96. The predicted molar refractivity (Wildman–Crippen MR) is 57.8 cm³/mol.